The number of allylic oxidation sites excluding steroid dienone is 1. The molecule has 0 spiro atoms. The molecule has 0 fully saturated rings. The highest BCUT2D eigenvalue weighted by atomic mass is 32.2. The second kappa shape index (κ2) is 13.2. The minimum absolute atomic E-state index is 0.227. The summed E-state index contributed by atoms with van der Waals surface area (Å²) in [6.45, 7) is 7.01. The molecular weight excluding hydrogens is 391 g/mol. The normalized spacial score (nSPS) is 10.1. The number of aliphatic imine (C=N–C) groups is 1. The van der Waals surface area contributed by atoms with Crippen LogP contribution in [0.4, 0.5) is 4.39 Å². The van der Waals surface area contributed by atoms with Gasteiger partial charge in [-0.25, -0.2) is 17.3 Å². The molecule has 3 aromatic rings. The van der Waals surface area contributed by atoms with E-state index in [1.165, 1.54) is 18.3 Å². The zero-order valence-corrected chi connectivity index (χ0v) is 18.3. The Hall–Kier alpha value is -3.00. The first-order valence-electron chi connectivity index (χ1n) is 8.61. The lowest BCUT2D eigenvalue weighted by Gasteiger charge is -1.97. The number of nitrogens with two attached hydrogens (primary N) is 1. The number of sulfone groups is 1. The first kappa shape index (κ1) is 26.0. The average molecular weight is 421 g/mol. The molecule has 1 aromatic carbocycles. The van der Waals surface area contributed by atoms with Crippen LogP contribution in [-0.4, -0.2) is 44.3 Å². The molecule has 0 aliphatic rings. The molecule has 2 heterocycles. The first-order valence-corrected chi connectivity index (χ1v) is 10.9. The van der Waals surface area contributed by atoms with Gasteiger partial charge >= 0.3 is 0 Å². The van der Waals surface area contributed by atoms with E-state index < -0.39 is 9.84 Å². The SMILES string of the molecule is C/C=C\N.C=NC.CS(C)(=O)=O.Cc1c(-c2ccc(F)cc2)nn2ccccc12. The largest absolute Gasteiger partial charge is 0.405 e. The van der Waals surface area contributed by atoms with E-state index in [-0.39, 0.29) is 5.82 Å². The van der Waals surface area contributed by atoms with E-state index in [4.69, 9.17) is 5.73 Å². The van der Waals surface area contributed by atoms with Crippen molar-refractivity contribution in [2.75, 3.05) is 19.6 Å². The molecule has 0 atom stereocenters. The van der Waals surface area contributed by atoms with Gasteiger partial charge in [-0.15, -0.1) is 0 Å². The van der Waals surface area contributed by atoms with Crippen molar-refractivity contribution in [1.82, 2.24) is 9.61 Å². The quantitative estimate of drug-likeness (QED) is 0.605. The second-order valence-corrected chi connectivity index (χ2v) is 8.28. The lowest BCUT2D eigenvalue weighted by molar-refractivity contribution is 0.607. The Morgan fingerprint density at radius 1 is 1.17 bits per heavy atom. The minimum Gasteiger partial charge on any atom is -0.405 e. The Kier molecular flexibility index (Phi) is 11.9. The van der Waals surface area contributed by atoms with Gasteiger partial charge in [-0.05, 0) is 63.2 Å². The van der Waals surface area contributed by atoms with Gasteiger partial charge in [0.05, 0.1) is 11.2 Å². The van der Waals surface area contributed by atoms with E-state index in [0.717, 1.165) is 34.8 Å². The number of pyridine rings is 1. The summed E-state index contributed by atoms with van der Waals surface area (Å²) in [4.78, 5) is 3.25. The van der Waals surface area contributed by atoms with Crippen LogP contribution in [0.3, 0.4) is 0 Å². The van der Waals surface area contributed by atoms with Crippen LogP contribution in [0, 0.1) is 12.7 Å². The highest BCUT2D eigenvalue weighted by molar-refractivity contribution is 7.89. The monoisotopic (exact) mass is 420 g/mol. The van der Waals surface area contributed by atoms with Gasteiger partial charge in [0.2, 0.25) is 0 Å². The van der Waals surface area contributed by atoms with Gasteiger partial charge < -0.3 is 10.7 Å². The summed E-state index contributed by atoms with van der Waals surface area (Å²) >= 11 is 0. The van der Waals surface area contributed by atoms with Crippen molar-refractivity contribution < 1.29 is 12.8 Å². The van der Waals surface area contributed by atoms with Crippen LogP contribution in [0.2, 0.25) is 0 Å². The third-order valence-electron chi connectivity index (χ3n) is 3.10. The molecule has 0 amide bonds. The number of nitrogens with zero attached hydrogens (tertiary/aromatic N) is 3. The summed E-state index contributed by atoms with van der Waals surface area (Å²) in [5, 5.41) is 4.51. The number of rotatable bonds is 1. The van der Waals surface area contributed by atoms with Crippen molar-refractivity contribution in [3.8, 4) is 11.3 Å². The molecule has 3 rings (SSSR count). The summed E-state index contributed by atoms with van der Waals surface area (Å²) in [5.74, 6) is -0.227. The van der Waals surface area contributed by atoms with Gasteiger partial charge in [0.1, 0.15) is 15.7 Å². The number of benzene rings is 1. The highest BCUT2D eigenvalue weighted by Crippen LogP contribution is 2.25. The van der Waals surface area contributed by atoms with Crippen LogP contribution in [0.25, 0.3) is 16.8 Å². The summed E-state index contributed by atoms with van der Waals surface area (Å²) in [6.07, 6.45) is 7.51. The summed E-state index contributed by atoms with van der Waals surface area (Å²) in [6, 6.07) is 12.4. The van der Waals surface area contributed by atoms with Crippen LogP contribution >= 0.6 is 0 Å². The smallest absolute Gasteiger partial charge is 0.144 e. The summed E-state index contributed by atoms with van der Waals surface area (Å²) in [5.41, 5.74) is 8.87. The van der Waals surface area contributed by atoms with E-state index in [9.17, 15) is 12.8 Å². The predicted octanol–water partition coefficient (Wildman–Crippen LogP) is 3.91. The lowest BCUT2D eigenvalue weighted by atomic mass is 10.1. The fraction of sp³-hybridized carbons (Fsp3) is 0.238. The van der Waals surface area contributed by atoms with E-state index in [2.05, 4.69) is 16.8 Å². The zero-order valence-electron chi connectivity index (χ0n) is 17.5. The van der Waals surface area contributed by atoms with Crippen LogP contribution < -0.4 is 5.73 Å². The van der Waals surface area contributed by atoms with Gasteiger partial charge in [0, 0.05) is 36.9 Å². The molecule has 0 bridgehead atoms. The van der Waals surface area contributed by atoms with Gasteiger partial charge in [0.25, 0.3) is 0 Å². The molecule has 0 saturated heterocycles. The Balaban J connectivity index is 0.000000545. The number of aryl methyl sites for hydroxylation is 1. The molecule has 0 aliphatic carbocycles. The lowest BCUT2D eigenvalue weighted by Crippen LogP contribution is -1.86. The Labute approximate surface area is 172 Å². The molecule has 2 aromatic heterocycles. The maximum atomic E-state index is 12.9. The van der Waals surface area contributed by atoms with Crippen LogP contribution in [0.15, 0.2) is 65.9 Å². The third-order valence-corrected chi connectivity index (χ3v) is 3.10. The molecule has 2 N–H and O–H groups in total. The van der Waals surface area contributed by atoms with E-state index >= 15 is 0 Å². The fourth-order valence-corrected chi connectivity index (χ4v) is 2.00. The van der Waals surface area contributed by atoms with Crippen molar-refractivity contribution in [3.63, 3.8) is 0 Å². The van der Waals surface area contributed by atoms with E-state index in [0.29, 0.717) is 0 Å². The third kappa shape index (κ3) is 10.8. The molecule has 0 unspecified atom stereocenters. The average Bonchev–Trinajstić information content (AvgIpc) is 2.99. The predicted molar refractivity (Wildman–Crippen MR) is 121 cm³/mol. The standard InChI is InChI=1S/C14H11FN2.C3H7N.C2H5N.C2H6O2S/c1-10-13-4-2-3-9-17(13)16-14(10)11-5-7-12(15)8-6-11;1-2-3-4;1-3-2;1-5(2,3)4/h2-9H,1H3;2-3H,4H2,1H3;1H2,2H3;1-2H3/b;3-2-;;. The van der Waals surface area contributed by atoms with Crippen molar-refractivity contribution >= 4 is 22.1 Å². The van der Waals surface area contributed by atoms with Crippen LogP contribution in [0.5, 0.6) is 0 Å². The number of fused-ring (bicyclic) bond motifs is 1. The maximum Gasteiger partial charge on any atom is 0.144 e. The topological polar surface area (TPSA) is 89.8 Å². The highest BCUT2D eigenvalue weighted by Gasteiger charge is 2.09. The van der Waals surface area contributed by atoms with Crippen molar-refractivity contribution in [1.29, 1.82) is 0 Å². The number of hydrogen-bond acceptors (Lipinski definition) is 5. The van der Waals surface area contributed by atoms with E-state index in [1.807, 2.05) is 42.8 Å². The molecule has 6 nitrogen and oxygen atoms in total. The first-order chi connectivity index (χ1) is 13.6. The fourth-order valence-electron chi connectivity index (χ4n) is 2.00. The van der Waals surface area contributed by atoms with Crippen molar-refractivity contribution in [2.24, 2.45) is 10.7 Å². The van der Waals surface area contributed by atoms with E-state index in [1.54, 1.807) is 25.3 Å². The molecule has 29 heavy (non-hydrogen) atoms. The Morgan fingerprint density at radius 2 is 1.66 bits per heavy atom. The van der Waals surface area contributed by atoms with Gasteiger partial charge in [-0.2, -0.15) is 5.10 Å². The van der Waals surface area contributed by atoms with Gasteiger partial charge in [-0.1, -0.05) is 12.1 Å². The zero-order chi connectivity index (χ0) is 22.4. The van der Waals surface area contributed by atoms with Crippen LogP contribution in [-0.2, 0) is 9.84 Å². The molecule has 158 valence electrons. The Morgan fingerprint density at radius 3 is 2.07 bits per heavy atom. The second-order valence-electron chi connectivity index (χ2n) is 6.00. The summed E-state index contributed by atoms with van der Waals surface area (Å²) < 4.78 is 34.0. The molecule has 0 radical (unpaired) electrons. The number of hydrogen-bond donors (Lipinski definition) is 1. The molecule has 8 heteroatoms. The molecule has 0 aliphatic heterocycles. The van der Waals surface area contributed by atoms with Crippen LogP contribution in [0.1, 0.15) is 12.5 Å². The number of aromatic nitrogens is 2. The number of halogens is 1. The van der Waals surface area contributed by atoms with Crippen molar-refractivity contribution in [3.05, 3.63) is 72.3 Å². The van der Waals surface area contributed by atoms with Crippen molar-refractivity contribution in [2.45, 2.75) is 13.8 Å². The molecule has 0 saturated carbocycles. The van der Waals surface area contributed by atoms with Gasteiger partial charge in [-0.3, -0.25) is 0 Å². The Bertz CT molecular complexity index is 999. The summed E-state index contributed by atoms with van der Waals surface area (Å²) in [7, 11) is -1.03. The minimum atomic E-state index is -2.67. The van der Waals surface area contributed by atoms with Gasteiger partial charge in [0.15, 0.2) is 0 Å². The molecular formula is C21H29FN4O2S. The maximum absolute atomic E-state index is 12.9.